The second kappa shape index (κ2) is 65.8. The molecule has 0 saturated heterocycles. The van der Waals surface area contributed by atoms with Gasteiger partial charge in [-0.25, -0.2) is 9.13 Å². The molecule has 0 aliphatic heterocycles. The van der Waals surface area contributed by atoms with Crippen molar-refractivity contribution < 1.29 is 80.2 Å². The molecule has 0 saturated carbocycles. The van der Waals surface area contributed by atoms with Gasteiger partial charge in [-0.2, -0.15) is 0 Å². The van der Waals surface area contributed by atoms with Gasteiger partial charge in [0.1, 0.15) is 19.3 Å². The van der Waals surface area contributed by atoms with Gasteiger partial charge >= 0.3 is 39.5 Å². The average Bonchev–Trinajstić information content (AvgIpc) is 2.18. The summed E-state index contributed by atoms with van der Waals surface area (Å²) in [6.45, 7) is 7.19. The fourth-order valence-electron chi connectivity index (χ4n) is 10.6. The predicted octanol–water partition coefficient (Wildman–Crippen LogP) is 20.9. The van der Waals surface area contributed by atoms with E-state index in [1.807, 2.05) is 0 Å². The van der Waals surface area contributed by atoms with E-state index in [9.17, 15) is 43.2 Å². The zero-order chi connectivity index (χ0) is 67.7. The zero-order valence-corrected chi connectivity index (χ0v) is 61.0. The van der Waals surface area contributed by atoms with Crippen molar-refractivity contribution in [3.8, 4) is 0 Å². The standard InChI is InChI=1S/C73H138O17P2/c1-6-9-12-15-18-20-22-24-26-30-34-37-42-47-52-57-71(76)84-63-69(90-73(78)59-54-49-44-39-35-31-28-25-27-29-32-36-41-45-50-55-66(4)5)65-88-92(81,82)86-61-67(74)60-85-91(79,80)87-64-68(62-83-70(75)56-51-46-40-17-14-11-8-3)89-72(77)58-53-48-43-38-33-23-21-19-16-13-10-7-2/h20,22,24,26,66-69,74H,6-19,21,23,25,27-65H2,1-5H3,(H,79,80)(H,81,82)/b22-20-,26-24-/t67-,68+,69+/m0/s1. The first kappa shape index (κ1) is 89.5. The van der Waals surface area contributed by atoms with Gasteiger partial charge in [-0.15, -0.1) is 0 Å². The van der Waals surface area contributed by atoms with Crippen LogP contribution in [-0.4, -0.2) is 96.7 Å². The highest BCUT2D eigenvalue weighted by molar-refractivity contribution is 7.47. The molecule has 0 spiro atoms. The summed E-state index contributed by atoms with van der Waals surface area (Å²) in [6.07, 6.45) is 56.4. The van der Waals surface area contributed by atoms with Crippen molar-refractivity contribution in [3.05, 3.63) is 24.3 Å². The van der Waals surface area contributed by atoms with Crippen molar-refractivity contribution in [1.82, 2.24) is 0 Å². The van der Waals surface area contributed by atoms with Gasteiger partial charge in [-0.3, -0.25) is 37.3 Å². The van der Waals surface area contributed by atoms with Crippen LogP contribution in [0.3, 0.4) is 0 Å². The molecular weight excluding hydrogens is 1210 g/mol. The Morgan fingerprint density at radius 3 is 0.891 bits per heavy atom. The number of allylic oxidation sites excluding steroid dienone is 4. The third-order valence-electron chi connectivity index (χ3n) is 16.4. The van der Waals surface area contributed by atoms with Crippen LogP contribution in [0.25, 0.3) is 0 Å². The first-order chi connectivity index (χ1) is 44.5. The smallest absolute Gasteiger partial charge is 0.462 e. The highest BCUT2D eigenvalue weighted by atomic mass is 31.2. The van der Waals surface area contributed by atoms with E-state index >= 15 is 0 Å². The number of ether oxygens (including phenoxy) is 4. The molecule has 0 fully saturated rings. The number of carbonyl (C=O) groups excluding carboxylic acids is 4. The van der Waals surface area contributed by atoms with Crippen LogP contribution >= 0.6 is 15.6 Å². The predicted molar refractivity (Wildman–Crippen MR) is 372 cm³/mol. The molecule has 19 heteroatoms. The quantitative estimate of drug-likeness (QED) is 0.0169. The molecule has 0 aromatic rings. The second-order valence-corrected chi connectivity index (χ2v) is 29.0. The molecule has 5 atom stereocenters. The summed E-state index contributed by atoms with van der Waals surface area (Å²) in [6, 6.07) is 0. The van der Waals surface area contributed by atoms with E-state index < -0.39 is 97.5 Å². The topological polar surface area (TPSA) is 237 Å². The van der Waals surface area contributed by atoms with Gasteiger partial charge in [0.25, 0.3) is 0 Å². The summed E-state index contributed by atoms with van der Waals surface area (Å²) in [5.74, 6) is -1.35. The van der Waals surface area contributed by atoms with Gasteiger partial charge < -0.3 is 33.8 Å². The first-order valence-corrected chi connectivity index (χ1v) is 40.4. The molecular formula is C73H138O17P2. The molecule has 0 heterocycles. The Balaban J connectivity index is 5.23. The van der Waals surface area contributed by atoms with Gasteiger partial charge in [0, 0.05) is 25.7 Å². The van der Waals surface area contributed by atoms with Crippen LogP contribution in [0.1, 0.15) is 356 Å². The number of hydrogen-bond acceptors (Lipinski definition) is 15. The van der Waals surface area contributed by atoms with E-state index in [-0.39, 0.29) is 25.7 Å². The van der Waals surface area contributed by atoms with Gasteiger partial charge in [0.15, 0.2) is 12.2 Å². The normalized spacial score (nSPS) is 14.2. The van der Waals surface area contributed by atoms with Gasteiger partial charge in [-0.1, -0.05) is 303 Å². The Kier molecular flexibility index (Phi) is 64.0. The molecule has 0 radical (unpaired) electrons. The SMILES string of the molecule is CCCCCC/C=C\C=C/CCCCCCCC(=O)OC[C@H](COP(=O)(O)OC[C@@H](O)COP(=O)(O)OC[C@@H](COC(=O)CCCCCCCCC)OC(=O)CCCCCCCCCCCCCC)OC(=O)CCCCCCCCCCCCCCCCCC(C)C. The van der Waals surface area contributed by atoms with Crippen molar-refractivity contribution in [3.63, 3.8) is 0 Å². The Hall–Kier alpha value is -2.46. The fraction of sp³-hybridized carbons (Fsp3) is 0.890. The van der Waals surface area contributed by atoms with Gasteiger partial charge in [-0.05, 0) is 57.3 Å². The highest BCUT2D eigenvalue weighted by Crippen LogP contribution is 2.45. The minimum absolute atomic E-state index is 0.101. The number of rotatable bonds is 71. The number of aliphatic hydroxyl groups excluding tert-OH is 1. The van der Waals surface area contributed by atoms with Gasteiger partial charge in [0.2, 0.25) is 0 Å². The van der Waals surface area contributed by atoms with Crippen molar-refractivity contribution in [2.45, 2.75) is 374 Å². The van der Waals surface area contributed by atoms with Crippen molar-refractivity contribution in [1.29, 1.82) is 0 Å². The Morgan fingerprint density at radius 2 is 0.587 bits per heavy atom. The van der Waals surface area contributed by atoms with Crippen LogP contribution in [0.2, 0.25) is 0 Å². The van der Waals surface area contributed by atoms with Crippen LogP contribution < -0.4 is 0 Å². The van der Waals surface area contributed by atoms with E-state index in [1.54, 1.807) is 0 Å². The molecule has 0 aliphatic carbocycles. The van der Waals surface area contributed by atoms with Crippen molar-refractivity contribution in [2.24, 2.45) is 5.92 Å². The molecule has 92 heavy (non-hydrogen) atoms. The zero-order valence-electron chi connectivity index (χ0n) is 59.2. The summed E-state index contributed by atoms with van der Waals surface area (Å²) < 4.78 is 68.2. The third kappa shape index (κ3) is 66.2. The van der Waals surface area contributed by atoms with E-state index in [0.717, 1.165) is 128 Å². The van der Waals surface area contributed by atoms with Crippen LogP contribution in [0.15, 0.2) is 24.3 Å². The number of phosphoric acid groups is 2. The van der Waals surface area contributed by atoms with Crippen molar-refractivity contribution >= 4 is 39.5 Å². The lowest BCUT2D eigenvalue weighted by molar-refractivity contribution is -0.161. The van der Waals surface area contributed by atoms with E-state index in [4.69, 9.17) is 37.0 Å². The lowest BCUT2D eigenvalue weighted by atomic mass is 10.0. The second-order valence-electron chi connectivity index (χ2n) is 26.1. The molecule has 0 rings (SSSR count). The highest BCUT2D eigenvalue weighted by Gasteiger charge is 2.30. The Morgan fingerprint density at radius 1 is 0.337 bits per heavy atom. The molecule has 0 amide bonds. The number of phosphoric ester groups is 2. The van der Waals surface area contributed by atoms with E-state index in [0.29, 0.717) is 25.7 Å². The summed E-state index contributed by atoms with van der Waals surface area (Å²) in [5, 5.41) is 10.6. The number of esters is 4. The molecule has 2 unspecified atom stereocenters. The maximum Gasteiger partial charge on any atom is 0.472 e. The molecule has 0 aliphatic rings. The summed E-state index contributed by atoms with van der Waals surface area (Å²) in [5.41, 5.74) is 0. The Labute approximate surface area is 561 Å². The number of hydrogen-bond donors (Lipinski definition) is 3. The minimum Gasteiger partial charge on any atom is -0.462 e. The number of unbranched alkanes of at least 4 members (excludes halogenated alkanes) is 40. The summed E-state index contributed by atoms with van der Waals surface area (Å²) >= 11 is 0. The van der Waals surface area contributed by atoms with Crippen LogP contribution in [0.5, 0.6) is 0 Å². The lowest BCUT2D eigenvalue weighted by Gasteiger charge is -2.21. The fourth-order valence-corrected chi connectivity index (χ4v) is 12.2. The molecule has 3 N–H and O–H groups in total. The number of carbonyl (C=O) groups is 4. The maximum absolute atomic E-state index is 13.0. The van der Waals surface area contributed by atoms with Crippen molar-refractivity contribution in [2.75, 3.05) is 39.6 Å². The first-order valence-electron chi connectivity index (χ1n) is 37.5. The molecule has 0 aromatic carbocycles. The maximum atomic E-state index is 13.0. The minimum atomic E-state index is -4.96. The third-order valence-corrected chi connectivity index (χ3v) is 18.3. The Bertz CT molecular complexity index is 1860. The monoisotopic (exact) mass is 1350 g/mol. The van der Waals surface area contributed by atoms with E-state index in [2.05, 4.69) is 58.9 Å². The summed E-state index contributed by atoms with van der Waals surface area (Å²) in [7, 11) is -9.91. The largest absolute Gasteiger partial charge is 0.472 e. The lowest BCUT2D eigenvalue weighted by Crippen LogP contribution is -2.30. The molecule has 0 bridgehead atoms. The average molecular weight is 1350 g/mol. The van der Waals surface area contributed by atoms with Crippen LogP contribution in [0.4, 0.5) is 0 Å². The van der Waals surface area contributed by atoms with E-state index in [1.165, 1.54) is 148 Å². The molecule has 542 valence electrons. The summed E-state index contributed by atoms with van der Waals surface area (Å²) in [4.78, 5) is 72.5. The van der Waals surface area contributed by atoms with Gasteiger partial charge in [0.05, 0.1) is 26.4 Å². The number of aliphatic hydroxyl groups is 1. The van der Waals surface area contributed by atoms with Crippen LogP contribution in [-0.2, 0) is 65.4 Å². The molecule has 0 aromatic heterocycles. The molecule has 17 nitrogen and oxygen atoms in total. The van der Waals surface area contributed by atoms with Crippen LogP contribution in [0, 0.1) is 5.92 Å².